The monoisotopic (exact) mass is 448 g/mol. The molecule has 0 saturated carbocycles. The molecule has 4 heterocycles. The quantitative estimate of drug-likeness (QED) is 0.346. The van der Waals surface area contributed by atoms with Gasteiger partial charge >= 0.3 is 0 Å². The number of rotatable bonds is 3. The first-order valence-electron chi connectivity index (χ1n) is 8.89. The van der Waals surface area contributed by atoms with Crippen molar-refractivity contribution in [3.05, 3.63) is 77.6 Å². The van der Waals surface area contributed by atoms with Crippen molar-refractivity contribution in [2.75, 3.05) is 0 Å². The fourth-order valence-corrected chi connectivity index (χ4v) is 3.78. The van der Waals surface area contributed by atoms with E-state index < -0.39 is 0 Å². The van der Waals surface area contributed by atoms with Crippen LogP contribution in [0.3, 0.4) is 0 Å². The lowest BCUT2D eigenvalue weighted by Crippen LogP contribution is -1.95. The van der Waals surface area contributed by atoms with Gasteiger partial charge in [0, 0.05) is 42.3 Å². The number of pyridine rings is 2. The van der Waals surface area contributed by atoms with E-state index in [0.717, 1.165) is 27.6 Å². The fraction of sp³-hybridized carbons (Fsp3) is 0.0455. The Hall–Kier alpha value is -3.32. The molecule has 5 rings (SSSR count). The smallest absolute Gasteiger partial charge is 0.182 e. The summed E-state index contributed by atoms with van der Waals surface area (Å²) in [6.07, 6.45) is 5.39. The van der Waals surface area contributed by atoms with Crippen molar-refractivity contribution in [1.82, 2.24) is 19.7 Å². The number of furan rings is 1. The highest BCUT2D eigenvalue weighted by Gasteiger charge is 2.23. The maximum Gasteiger partial charge on any atom is 0.182 e. The zero-order chi connectivity index (χ0) is 20.0. The van der Waals surface area contributed by atoms with Crippen molar-refractivity contribution in [2.24, 2.45) is 7.05 Å². The van der Waals surface area contributed by atoms with Gasteiger partial charge in [0.25, 0.3) is 0 Å². The van der Waals surface area contributed by atoms with Gasteiger partial charge in [0.15, 0.2) is 10.3 Å². The first-order valence-corrected chi connectivity index (χ1v) is 9.69. The Morgan fingerprint density at radius 1 is 0.931 bits per heavy atom. The second-order valence-electron chi connectivity index (χ2n) is 6.60. The topological polar surface area (TPSA) is 56.7 Å². The summed E-state index contributed by atoms with van der Waals surface area (Å²) in [5.74, 6) is 0.390. The van der Waals surface area contributed by atoms with Crippen LogP contribution in [0, 0.1) is 5.82 Å². The molecule has 1 aromatic carbocycles. The molecule has 0 radical (unpaired) electrons. The number of aryl methyl sites for hydroxylation is 1. The van der Waals surface area contributed by atoms with Crippen LogP contribution in [-0.4, -0.2) is 19.7 Å². The van der Waals surface area contributed by atoms with Crippen LogP contribution >= 0.6 is 15.9 Å². The first kappa shape index (κ1) is 17.8. The van der Waals surface area contributed by atoms with Crippen LogP contribution in [0.2, 0.25) is 0 Å². The Bertz CT molecular complexity index is 1330. The average Bonchev–Trinajstić information content (AvgIpc) is 3.32. The van der Waals surface area contributed by atoms with Gasteiger partial charge in [-0.1, -0.05) is 0 Å². The number of hydrogen-bond donors (Lipinski definition) is 0. The number of halogens is 2. The van der Waals surface area contributed by atoms with Crippen molar-refractivity contribution in [2.45, 2.75) is 0 Å². The van der Waals surface area contributed by atoms with Crippen molar-refractivity contribution in [3.8, 4) is 33.7 Å². The normalized spacial score (nSPS) is 11.3. The molecule has 0 aliphatic rings. The van der Waals surface area contributed by atoms with Crippen molar-refractivity contribution in [1.29, 1.82) is 0 Å². The molecule has 0 aliphatic carbocycles. The lowest BCUT2D eigenvalue weighted by Gasteiger charge is -2.14. The van der Waals surface area contributed by atoms with E-state index in [1.165, 1.54) is 12.1 Å². The molecule has 0 fully saturated rings. The highest BCUT2D eigenvalue weighted by Crippen LogP contribution is 2.43. The minimum atomic E-state index is -0.298. The maximum absolute atomic E-state index is 13.6. The summed E-state index contributed by atoms with van der Waals surface area (Å²) in [5, 5.41) is 5.38. The molecule has 5 aromatic rings. The zero-order valence-corrected chi connectivity index (χ0v) is 16.9. The number of hydrogen-bond acceptors (Lipinski definition) is 4. The van der Waals surface area contributed by atoms with Crippen LogP contribution in [0.5, 0.6) is 0 Å². The van der Waals surface area contributed by atoms with Gasteiger partial charge in [0.2, 0.25) is 0 Å². The third-order valence-corrected chi connectivity index (χ3v) is 5.12. The Balaban J connectivity index is 1.94. The summed E-state index contributed by atoms with van der Waals surface area (Å²) in [4.78, 5) is 8.98. The second kappa shape index (κ2) is 6.93. The summed E-state index contributed by atoms with van der Waals surface area (Å²) >= 11 is 3.40. The molecule has 0 bridgehead atoms. The minimum absolute atomic E-state index is 0.298. The molecule has 4 aromatic heterocycles. The molecule has 142 valence electrons. The van der Waals surface area contributed by atoms with Gasteiger partial charge < -0.3 is 4.42 Å². The van der Waals surface area contributed by atoms with E-state index in [4.69, 9.17) is 9.40 Å². The van der Waals surface area contributed by atoms with Crippen LogP contribution in [-0.2, 0) is 7.05 Å². The lowest BCUT2D eigenvalue weighted by atomic mass is 9.92. The summed E-state index contributed by atoms with van der Waals surface area (Å²) < 4.78 is 21.9. The van der Waals surface area contributed by atoms with Crippen LogP contribution < -0.4 is 0 Å². The van der Waals surface area contributed by atoms with Crippen molar-refractivity contribution < 1.29 is 8.81 Å². The van der Waals surface area contributed by atoms with Gasteiger partial charge in [-0.25, -0.2) is 9.37 Å². The van der Waals surface area contributed by atoms with E-state index in [2.05, 4.69) is 26.0 Å². The molecule has 5 nitrogen and oxygen atoms in total. The number of aromatic nitrogens is 4. The van der Waals surface area contributed by atoms with Gasteiger partial charge in [-0.2, -0.15) is 5.10 Å². The molecule has 0 unspecified atom stereocenters. The van der Waals surface area contributed by atoms with Gasteiger partial charge in [-0.05, 0) is 70.0 Å². The van der Waals surface area contributed by atoms with E-state index in [0.29, 0.717) is 21.8 Å². The van der Waals surface area contributed by atoms with E-state index in [1.54, 1.807) is 29.2 Å². The van der Waals surface area contributed by atoms with Crippen LogP contribution in [0.1, 0.15) is 0 Å². The zero-order valence-electron chi connectivity index (χ0n) is 15.3. The summed E-state index contributed by atoms with van der Waals surface area (Å²) in [7, 11) is 1.85. The molecule has 7 heteroatoms. The van der Waals surface area contributed by atoms with Crippen LogP contribution in [0.15, 0.2) is 76.2 Å². The van der Waals surface area contributed by atoms with E-state index >= 15 is 0 Å². The maximum atomic E-state index is 13.6. The predicted molar refractivity (Wildman–Crippen MR) is 113 cm³/mol. The van der Waals surface area contributed by atoms with Gasteiger partial charge in [0.1, 0.15) is 11.6 Å². The van der Waals surface area contributed by atoms with Crippen LogP contribution in [0.4, 0.5) is 4.39 Å². The molecule has 0 amide bonds. The Morgan fingerprint density at radius 2 is 1.69 bits per heavy atom. The molecule has 0 saturated heterocycles. The number of nitrogens with zero attached hydrogens (tertiary/aromatic N) is 4. The van der Waals surface area contributed by atoms with Crippen molar-refractivity contribution in [3.63, 3.8) is 0 Å². The van der Waals surface area contributed by atoms with Gasteiger partial charge in [-0.15, -0.1) is 0 Å². The molecule has 0 aliphatic heterocycles. The average molecular weight is 449 g/mol. The van der Waals surface area contributed by atoms with Gasteiger partial charge in [-0.3, -0.25) is 9.67 Å². The first-order chi connectivity index (χ1) is 14.1. The third-order valence-electron chi connectivity index (χ3n) is 4.69. The summed E-state index contributed by atoms with van der Waals surface area (Å²) in [6.45, 7) is 0. The third kappa shape index (κ3) is 3.13. The fourth-order valence-electron chi connectivity index (χ4n) is 3.47. The summed E-state index contributed by atoms with van der Waals surface area (Å²) in [5.41, 5.74) is 4.76. The van der Waals surface area contributed by atoms with Gasteiger partial charge in [0.05, 0.1) is 11.1 Å². The molecular formula is C22H14BrFN4O. The Labute approximate surface area is 174 Å². The predicted octanol–water partition coefficient (Wildman–Crippen LogP) is 5.86. The largest absolute Gasteiger partial charge is 0.449 e. The lowest BCUT2D eigenvalue weighted by molar-refractivity contribution is 0.556. The molecule has 0 N–H and O–H groups in total. The standard InChI is InChI=1S/C22H14BrFN4O/c1-28-12-16-20(17-6-7-18(23)29-17)19(13-8-10-25-11-9-13)21(26-22(16)27-28)14-2-4-15(24)5-3-14/h2-12H,1H3. The summed E-state index contributed by atoms with van der Waals surface area (Å²) in [6, 6.07) is 13.9. The van der Waals surface area contributed by atoms with E-state index in [9.17, 15) is 4.39 Å². The number of fused-ring (bicyclic) bond motifs is 1. The molecule has 0 atom stereocenters. The number of benzene rings is 1. The van der Waals surface area contributed by atoms with E-state index in [-0.39, 0.29) is 5.82 Å². The minimum Gasteiger partial charge on any atom is -0.449 e. The van der Waals surface area contributed by atoms with E-state index in [1.807, 2.05) is 37.5 Å². The second-order valence-corrected chi connectivity index (χ2v) is 7.38. The molecule has 0 spiro atoms. The Kier molecular flexibility index (Phi) is 4.24. The highest BCUT2D eigenvalue weighted by atomic mass is 79.9. The SMILES string of the molecule is Cn1cc2c(-c3ccc(Br)o3)c(-c3ccncc3)c(-c3ccc(F)cc3)nc2n1. The molecule has 29 heavy (non-hydrogen) atoms. The highest BCUT2D eigenvalue weighted by molar-refractivity contribution is 9.10. The van der Waals surface area contributed by atoms with Crippen LogP contribution in [0.25, 0.3) is 44.7 Å². The Morgan fingerprint density at radius 3 is 2.38 bits per heavy atom. The van der Waals surface area contributed by atoms with Crippen molar-refractivity contribution >= 4 is 27.0 Å². The molecular weight excluding hydrogens is 435 g/mol.